The third kappa shape index (κ3) is 3.18. The largest absolute Gasteiger partial charge is 0.464 e. The lowest BCUT2D eigenvalue weighted by Crippen LogP contribution is -2.01. The first-order valence-corrected chi connectivity index (χ1v) is 10.4. The second kappa shape index (κ2) is 7.44. The zero-order chi connectivity index (χ0) is 20.7. The fourth-order valence-corrected chi connectivity index (χ4v) is 4.61. The Balaban J connectivity index is 1.75. The van der Waals surface area contributed by atoms with E-state index in [0.717, 1.165) is 22.2 Å². The van der Waals surface area contributed by atoms with E-state index in [1.807, 2.05) is 60.7 Å². The van der Waals surface area contributed by atoms with Gasteiger partial charge in [0.15, 0.2) is 0 Å². The molecular formula is C24H15ClN2O2S. The van der Waals surface area contributed by atoms with Gasteiger partial charge in [0.2, 0.25) is 5.78 Å². The summed E-state index contributed by atoms with van der Waals surface area (Å²) in [5.74, 6) is 0.551. The molecule has 5 rings (SSSR count). The summed E-state index contributed by atoms with van der Waals surface area (Å²) in [6, 6.07) is 22.2. The van der Waals surface area contributed by atoms with Gasteiger partial charge in [-0.1, -0.05) is 54.1 Å². The molecule has 0 amide bonds. The molecule has 6 heteroatoms. The van der Waals surface area contributed by atoms with Crippen molar-refractivity contribution in [3.05, 3.63) is 94.5 Å². The Bertz CT molecular complexity index is 1360. The molecule has 0 bridgehead atoms. The van der Waals surface area contributed by atoms with E-state index in [1.165, 1.54) is 11.3 Å². The molecule has 0 spiro atoms. The molecular weight excluding hydrogens is 416 g/mol. The van der Waals surface area contributed by atoms with Crippen molar-refractivity contribution < 1.29 is 9.21 Å². The molecule has 0 aliphatic carbocycles. The van der Waals surface area contributed by atoms with E-state index < -0.39 is 0 Å². The molecule has 0 atom stereocenters. The van der Waals surface area contributed by atoms with Crippen molar-refractivity contribution in [1.29, 1.82) is 0 Å². The smallest absolute Gasteiger partial charge is 0.205 e. The van der Waals surface area contributed by atoms with Crippen LogP contribution in [0.2, 0.25) is 5.02 Å². The van der Waals surface area contributed by atoms with Crippen molar-refractivity contribution >= 4 is 44.6 Å². The highest BCUT2D eigenvalue weighted by atomic mass is 35.5. The van der Waals surface area contributed by atoms with Crippen LogP contribution in [0.25, 0.3) is 32.8 Å². The monoisotopic (exact) mass is 430 g/mol. The number of benzene rings is 2. The van der Waals surface area contributed by atoms with Crippen LogP contribution in [0.4, 0.5) is 5.69 Å². The summed E-state index contributed by atoms with van der Waals surface area (Å²) < 4.78 is 5.66. The van der Waals surface area contributed by atoms with E-state index in [9.17, 15) is 4.79 Å². The summed E-state index contributed by atoms with van der Waals surface area (Å²) >= 11 is 7.33. The number of thiophene rings is 1. The van der Waals surface area contributed by atoms with E-state index in [4.69, 9.17) is 26.7 Å². The van der Waals surface area contributed by atoms with Gasteiger partial charge in [0.05, 0.1) is 17.6 Å². The van der Waals surface area contributed by atoms with Crippen molar-refractivity contribution in [3.8, 4) is 22.6 Å². The number of aromatic nitrogens is 1. The van der Waals surface area contributed by atoms with Crippen LogP contribution in [0.1, 0.15) is 15.2 Å². The summed E-state index contributed by atoms with van der Waals surface area (Å²) in [5.41, 5.74) is 9.97. The van der Waals surface area contributed by atoms with E-state index in [-0.39, 0.29) is 5.78 Å². The van der Waals surface area contributed by atoms with Crippen LogP contribution in [0, 0.1) is 0 Å². The lowest BCUT2D eigenvalue weighted by atomic mass is 10.0. The van der Waals surface area contributed by atoms with Crippen molar-refractivity contribution in [2.45, 2.75) is 0 Å². The summed E-state index contributed by atoms with van der Waals surface area (Å²) in [7, 11) is 0. The zero-order valence-corrected chi connectivity index (χ0v) is 17.2. The van der Waals surface area contributed by atoms with Crippen LogP contribution in [0.5, 0.6) is 0 Å². The minimum absolute atomic E-state index is 0.116. The van der Waals surface area contributed by atoms with Gasteiger partial charge in [-0.05, 0) is 30.3 Å². The Morgan fingerprint density at radius 2 is 1.77 bits per heavy atom. The van der Waals surface area contributed by atoms with E-state index in [2.05, 4.69) is 0 Å². The predicted octanol–water partition coefficient (Wildman–Crippen LogP) is 6.69. The first-order chi connectivity index (χ1) is 14.6. The number of fused-ring (bicyclic) bond motifs is 1. The van der Waals surface area contributed by atoms with E-state index >= 15 is 0 Å². The van der Waals surface area contributed by atoms with Crippen LogP contribution < -0.4 is 5.73 Å². The van der Waals surface area contributed by atoms with Gasteiger partial charge < -0.3 is 10.2 Å². The van der Waals surface area contributed by atoms with Gasteiger partial charge in [0, 0.05) is 27.1 Å². The molecule has 0 aliphatic heterocycles. The third-order valence-corrected chi connectivity index (χ3v) is 6.22. The third-order valence-electron chi connectivity index (χ3n) is 4.87. The van der Waals surface area contributed by atoms with Crippen molar-refractivity contribution in [2.24, 2.45) is 0 Å². The number of ketones is 1. The molecule has 5 aromatic rings. The number of nitrogen functional groups attached to an aromatic ring is 1. The highest BCUT2D eigenvalue weighted by Gasteiger charge is 2.23. The number of pyridine rings is 1. The van der Waals surface area contributed by atoms with Crippen LogP contribution in [0.15, 0.2) is 83.5 Å². The fourth-order valence-electron chi connectivity index (χ4n) is 3.40. The molecule has 3 heterocycles. The van der Waals surface area contributed by atoms with Crippen molar-refractivity contribution in [1.82, 2.24) is 4.98 Å². The first kappa shape index (κ1) is 18.6. The Hall–Kier alpha value is -3.41. The maximum atomic E-state index is 13.1. The van der Waals surface area contributed by atoms with Gasteiger partial charge in [0.1, 0.15) is 15.5 Å². The first-order valence-electron chi connectivity index (χ1n) is 9.24. The van der Waals surface area contributed by atoms with E-state index in [1.54, 1.807) is 18.4 Å². The van der Waals surface area contributed by atoms with Gasteiger partial charge >= 0.3 is 0 Å². The highest BCUT2D eigenvalue weighted by Crippen LogP contribution is 2.42. The summed E-state index contributed by atoms with van der Waals surface area (Å²) in [4.78, 5) is 19.1. The number of halogens is 1. The quantitative estimate of drug-likeness (QED) is 0.322. The molecule has 0 fully saturated rings. The van der Waals surface area contributed by atoms with Crippen LogP contribution in [0.3, 0.4) is 0 Å². The number of hydrogen-bond acceptors (Lipinski definition) is 5. The van der Waals surface area contributed by atoms with Gasteiger partial charge in [-0.2, -0.15) is 0 Å². The number of hydrogen-bond donors (Lipinski definition) is 1. The Morgan fingerprint density at radius 1 is 1.00 bits per heavy atom. The number of nitrogens with two attached hydrogens (primary N) is 1. The van der Waals surface area contributed by atoms with Crippen LogP contribution >= 0.6 is 22.9 Å². The SMILES string of the molecule is Nc1c(C(=O)c2ccccc2)sc2nc(-c3ccc(Cl)cc3)cc(-c3ccco3)c12. The molecule has 0 saturated heterocycles. The molecule has 4 nitrogen and oxygen atoms in total. The molecule has 146 valence electrons. The van der Waals surface area contributed by atoms with Crippen LogP contribution in [-0.2, 0) is 0 Å². The van der Waals surface area contributed by atoms with Gasteiger partial charge in [0.25, 0.3) is 0 Å². The van der Waals surface area contributed by atoms with Crippen molar-refractivity contribution in [3.63, 3.8) is 0 Å². The van der Waals surface area contributed by atoms with Gasteiger partial charge in [-0.15, -0.1) is 11.3 Å². The average Bonchev–Trinajstić information content (AvgIpc) is 3.42. The lowest BCUT2D eigenvalue weighted by Gasteiger charge is -2.07. The van der Waals surface area contributed by atoms with Gasteiger partial charge in [-0.3, -0.25) is 4.79 Å². The average molecular weight is 431 g/mol. The molecule has 0 unspecified atom stereocenters. The predicted molar refractivity (Wildman–Crippen MR) is 122 cm³/mol. The molecule has 2 N–H and O–H groups in total. The number of carbonyl (C=O) groups is 1. The topological polar surface area (TPSA) is 69.1 Å². The van der Waals surface area contributed by atoms with Crippen LogP contribution in [-0.4, -0.2) is 10.8 Å². The minimum atomic E-state index is -0.116. The fraction of sp³-hybridized carbons (Fsp3) is 0. The Labute approximate surface area is 181 Å². The molecule has 0 aliphatic rings. The maximum Gasteiger partial charge on any atom is 0.205 e. The summed E-state index contributed by atoms with van der Waals surface area (Å²) in [6.07, 6.45) is 1.61. The number of nitrogens with zero attached hydrogens (tertiary/aromatic N) is 1. The molecule has 2 aromatic carbocycles. The maximum absolute atomic E-state index is 13.1. The zero-order valence-electron chi connectivity index (χ0n) is 15.6. The number of anilines is 1. The normalized spacial score (nSPS) is 11.1. The summed E-state index contributed by atoms with van der Waals surface area (Å²) in [6.45, 7) is 0. The molecule has 0 saturated carbocycles. The standard InChI is InChI=1S/C24H15ClN2O2S/c25-16-10-8-14(9-11-16)18-13-17(19-7-4-12-29-19)20-21(26)23(30-24(20)27-18)22(28)15-5-2-1-3-6-15/h1-13H,26H2. The highest BCUT2D eigenvalue weighted by molar-refractivity contribution is 7.21. The number of carbonyl (C=O) groups excluding carboxylic acids is 1. The lowest BCUT2D eigenvalue weighted by molar-refractivity contribution is 0.104. The summed E-state index contributed by atoms with van der Waals surface area (Å²) in [5, 5.41) is 1.38. The van der Waals surface area contributed by atoms with Crippen molar-refractivity contribution in [2.75, 3.05) is 5.73 Å². The Kier molecular flexibility index (Phi) is 4.62. The molecule has 0 radical (unpaired) electrons. The Morgan fingerprint density at radius 3 is 2.47 bits per heavy atom. The second-order valence-electron chi connectivity index (χ2n) is 6.76. The van der Waals surface area contributed by atoms with Gasteiger partial charge in [-0.25, -0.2) is 4.98 Å². The minimum Gasteiger partial charge on any atom is -0.464 e. The molecule has 3 aromatic heterocycles. The number of rotatable bonds is 4. The second-order valence-corrected chi connectivity index (χ2v) is 8.19. The number of furan rings is 1. The van der Waals surface area contributed by atoms with E-state index in [0.29, 0.717) is 31.7 Å². The molecule has 30 heavy (non-hydrogen) atoms.